The van der Waals surface area contributed by atoms with Gasteiger partial charge in [0.25, 0.3) is 5.91 Å². The van der Waals surface area contributed by atoms with Crippen molar-refractivity contribution in [3.05, 3.63) is 71.8 Å². The van der Waals surface area contributed by atoms with Crippen molar-refractivity contribution in [2.75, 3.05) is 31.1 Å². The molecule has 2 aliphatic heterocycles. The van der Waals surface area contributed by atoms with Crippen molar-refractivity contribution in [1.82, 2.24) is 14.5 Å². The van der Waals surface area contributed by atoms with Crippen molar-refractivity contribution in [3.8, 4) is 11.4 Å². The van der Waals surface area contributed by atoms with Crippen molar-refractivity contribution in [3.63, 3.8) is 0 Å². The average Bonchev–Trinajstić information content (AvgIpc) is 3.32. The summed E-state index contributed by atoms with van der Waals surface area (Å²) in [5.74, 6) is -0.314. The third kappa shape index (κ3) is 5.98. The minimum atomic E-state index is -0.716. The van der Waals surface area contributed by atoms with Gasteiger partial charge in [-0.25, -0.2) is 9.37 Å². The van der Waals surface area contributed by atoms with Crippen LogP contribution in [0.25, 0.3) is 11.4 Å². The predicted octanol–water partition coefficient (Wildman–Crippen LogP) is 4.23. The number of aliphatic hydroxyl groups excluding tert-OH is 1. The highest BCUT2D eigenvalue weighted by atomic mass is 19.1. The largest absolute Gasteiger partial charge is 0.462 e. The number of carbonyl (C=O) groups is 2. The standard InChI is InChI=1S/C30H35FN4O4/c1-20(2)28-27(30(38)34-16-14-33(15-17-34)23-6-4-3-5-7-23)32-29(21-8-10-22(31)11-9-21)35(28)13-12-25-18-24(36)19-26(37)39-25/h3-11,20,24-25,36H,12-19H2,1-2H3/t24-,25-/m1/s1. The smallest absolute Gasteiger partial charge is 0.308 e. The first-order valence-electron chi connectivity index (χ1n) is 13.6. The zero-order valence-electron chi connectivity index (χ0n) is 22.4. The van der Waals surface area contributed by atoms with Crippen LogP contribution < -0.4 is 4.90 Å². The van der Waals surface area contributed by atoms with Crippen molar-refractivity contribution in [2.45, 2.75) is 57.8 Å². The van der Waals surface area contributed by atoms with Crippen LogP contribution in [-0.2, 0) is 16.1 Å². The molecule has 0 radical (unpaired) electrons. The quantitative estimate of drug-likeness (QED) is 0.457. The summed E-state index contributed by atoms with van der Waals surface area (Å²) in [6.45, 7) is 7.11. The van der Waals surface area contributed by atoms with Gasteiger partial charge in [0.15, 0.2) is 5.69 Å². The van der Waals surface area contributed by atoms with Crippen LogP contribution in [0.3, 0.4) is 0 Å². The molecule has 1 N–H and O–H groups in total. The molecule has 1 aromatic heterocycles. The first-order valence-corrected chi connectivity index (χ1v) is 13.6. The predicted molar refractivity (Wildman–Crippen MR) is 146 cm³/mol. The van der Waals surface area contributed by atoms with Crippen LogP contribution in [0, 0.1) is 5.82 Å². The van der Waals surface area contributed by atoms with E-state index >= 15 is 0 Å². The number of esters is 1. The number of carbonyl (C=O) groups excluding carboxylic acids is 2. The minimum absolute atomic E-state index is 0.00976. The van der Waals surface area contributed by atoms with E-state index in [1.807, 2.05) is 41.5 Å². The molecule has 0 aliphatic carbocycles. The molecular formula is C30H35FN4O4. The summed E-state index contributed by atoms with van der Waals surface area (Å²) in [4.78, 5) is 34.7. The number of hydrogen-bond donors (Lipinski definition) is 1. The zero-order chi connectivity index (χ0) is 27.5. The number of nitrogens with zero attached hydrogens (tertiary/aromatic N) is 4. The molecule has 2 aromatic carbocycles. The molecule has 1 amide bonds. The van der Waals surface area contributed by atoms with Crippen LogP contribution in [0.15, 0.2) is 54.6 Å². The second-order valence-electron chi connectivity index (χ2n) is 10.6. The number of anilines is 1. The molecule has 3 heterocycles. The Labute approximate surface area is 228 Å². The lowest BCUT2D eigenvalue weighted by Crippen LogP contribution is -2.49. The second-order valence-corrected chi connectivity index (χ2v) is 10.6. The van der Waals surface area contributed by atoms with Gasteiger partial charge in [-0.1, -0.05) is 32.0 Å². The number of benzene rings is 2. The molecule has 0 unspecified atom stereocenters. The Balaban J connectivity index is 1.43. The Morgan fingerprint density at radius 3 is 2.41 bits per heavy atom. The van der Waals surface area contributed by atoms with Crippen LogP contribution in [0.1, 0.15) is 55.2 Å². The van der Waals surface area contributed by atoms with E-state index in [2.05, 4.69) is 17.0 Å². The van der Waals surface area contributed by atoms with Gasteiger partial charge in [0.1, 0.15) is 17.7 Å². The molecule has 3 aromatic rings. The lowest BCUT2D eigenvalue weighted by Gasteiger charge is -2.36. The summed E-state index contributed by atoms with van der Waals surface area (Å²) in [5, 5.41) is 10.1. The SMILES string of the molecule is CC(C)c1c(C(=O)N2CCN(c3ccccc3)CC2)nc(-c2ccc(F)cc2)n1CC[C@@H]1C[C@@H](O)CC(=O)O1. The maximum atomic E-state index is 13.9. The number of halogens is 1. The fraction of sp³-hybridized carbons (Fsp3) is 0.433. The van der Waals surface area contributed by atoms with Gasteiger partial charge >= 0.3 is 5.97 Å². The second kappa shape index (κ2) is 11.6. The molecule has 0 saturated carbocycles. The third-order valence-electron chi connectivity index (χ3n) is 7.46. The Morgan fingerprint density at radius 2 is 1.77 bits per heavy atom. The fourth-order valence-electron chi connectivity index (χ4n) is 5.52. The number of piperazine rings is 1. The van der Waals surface area contributed by atoms with Crippen molar-refractivity contribution in [1.29, 1.82) is 0 Å². The third-order valence-corrected chi connectivity index (χ3v) is 7.46. The number of cyclic esters (lactones) is 1. The molecule has 5 rings (SSSR count). The maximum Gasteiger partial charge on any atom is 0.308 e. The molecular weight excluding hydrogens is 499 g/mol. The number of rotatable bonds is 7. The number of amides is 1. The number of hydrogen-bond acceptors (Lipinski definition) is 6. The van der Waals surface area contributed by atoms with E-state index in [4.69, 9.17) is 9.72 Å². The van der Waals surface area contributed by atoms with E-state index < -0.39 is 18.2 Å². The molecule has 39 heavy (non-hydrogen) atoms. The van der Waals surface area contributed by atoms with Gasteiger partial charge in [0.05, 0.1) is 18.2 Å². The Hall–Kier alpha value is -3.72. The van der Waals surface area contributed by atoms with E-state index in [0.29, 0.717) is 49.6 Å². The van der Waals surface area contributed by atoms with Crippen LogP contribution in [0.5, 0.6) is 0 Å². The molecule has 0 bridgehead atoms. The van der Waals surface area contributed by atoms with E-state index in [0.717, 1.165) is 24.5 Å². The molecule has 2 fully saturated rings. The first kappa shape index (κ1) is 26.9. The van der Waals surface area contributed by atoms with Crippen LogP contribution in [-0.4, -0.2) is 69.8 Å². The molecule has 9 heteroatoms. The lowest BCUT2D eigenvalue weighted by atomic mass is 10.0. The number of para-hydroxylation sites is 1. The van der Waals surface area contributed by atoms with Gasteiger partial charge in [0, 0.05) is 56.8 Å². The van der Waals surface area contributed by atoms with Crippen LogP contribution in [0.2, 0.25) is 0 Å². The first-order chi connectivity index (χ1) is 18.8. The van der Waals surface area contributed by atoms with Crippen molar-refractivity contribution in [2.24, 2.45) is 0 Å². The Morgan fingerprint density at radius 1 is 1.08 bits per heavy atom. The summed E-state index contributed by atoms with van der Waals surface area (Å²) in [6.07, 6.45) is -0.283. The topological polar surface area (TPSA) is 87.9 Å². The highest BCUT2D eigenvalue weighted by Gasteiger charge is 2.32. The minimum Gasteiger partial charge on any atom is -0.462 e. The normalized spacial score (nSPS) is 19.9. The van der Waals surface area contributed by atoms with Crippen LogP contribution >= 0.6 is 0 Å². The molecule has 206 valence electrons. The number of imidazole rings is 1. The van der Waals surface area contributed by atoms with Gasteiger partial charge < -0.3 is 24.2 Å². The van der Waals surface area contributed by atoms with Gasteiger partial charge in [-0.05, 0) is 42.3 Å². The number of ether oxygens (including phenoxy) is 1. The number of aliphatic hydroxyl groups is 1. The summed E-state index contributed by atoms with van der Waals surface area (Å²) in [6, 6.07) is 16.3. The van der Waals surface area contributed by atoms with E-state index in [9.17, 15) is 19.1 Å². The monoisotopic (exact) mass is 534 g/mol. The van der Waals surface area contributed by atoms with Gasteiger partial charge in [-0.3, -0.25) is 9.59 Å². The molecule has 0 spiro atoms. The molecule has 2 aliphatic rings. The molecule has 2 saturated heterocycles. The van der Waals surface area contributed by atoms with E-state index in [1.54, 1.807) is 12.1 Å². The zero-order valence-corrected chi connectivity index (χ0v) is 22.4. The maximum absolute atomic E-state index is 13.9. The lowest BCUT2D eigenvalue weighted by molar-refractivity contribution is -0.160. The van der Waals surface area contributed by atoms with Crippen molar-refractivity contribution < 1.29 is 23.8 Å². The Bertz CT molecular complexity index is 1300. The van der Waals surface area contributed by atoms with Crippen LogP contribution in [0.4, 0.5) is 10.1 Å². The van der Waals surface area contributed by atoms with Gasteiger partial charge in [0.2, 0.25) is 0 Å². The van der Waals surface area contributed by atoms with Gasteiger partial charge in [-0.2, -0.15) is 0 Å². The van der Waals surface area contributed by atoms with Crippen molar-refractivity contribution >= 4 is 17.6 Å². The summed E-state index contributed by atoms with van der Waals surface area (Å²) >= 11 is 0. The highest BCUT2D eigenvalue weighted by molar-refractivity contribution is 5.94. The van der Waals surface area contributed by atoms with E-state index in [-0.39, 0.29) is 24.1 Å². The fourth-order valence-corrected chi connectivity index (χ4v) is 5.52. The Kier molecular flexibility index (Phi) is 7.97. The number of aromatic nitrogens is 2. The summed E-state index contributed by atoms with van der Waals surface area (Å²) in [5.41, 5.74) is 3.04. The van der Waals surface area contributed by atoms with Gasteiger partial charge in [-0.15, -0.1) is 0 Å². The summed E-state index contributed by atoms with van der Waals surface area (Å²) in [7, 11) is 0. The summed E-state index contributed by atoms with van der Waals surface area (Å²) < 4.78 is 21.2. The average molecular weight is 535 g/mol. The molecule has 8 nitrogen and oxygen atoms in total. The molecule has 2 atom stereocenters. The highest BCUT2D eigenvalue weighted by Crippen LogP contribution is 2.31. The van der Waals surface area contributed by atoms with E-state index in [1.165, 1.54) is 12.1 Å².